The van der Waals surface area contributed by atoms with Crippen molar-refractivity contribution in [2.45, 2.75) is 19.3 Å². The first-order chi connectivity index (χ1) is 7.77. The molecule has 0 bridgehead atoms. The van der Waals surface area contributed by atoms with Gasteiger partial charge in [-0.15, -0.1) is 0 Å². The summed E-state index contributed by atoms with van der Waals surface area (Å²) in [7, 11) is 0. The van der Waals surface area contributed by atoms with Crippen LogP contribution < -0.4 is 5.43 Å². The molecular formula is C11H14ClN3O. The van der Waals surface area contributed by atoms with Crippen LogP contribution >= 0.6 is 11.6 Å². The van der Waals surface area contributed by atoms with Gasteiger partial charge >= 0.3 is 0 Å². The molecule has 1 saturated heterocycles. The Hall–Kier alpha value is -1.13. The zero-order valence-electron chi connectivity index (χ0n) is 8.95. The molecule has 5 heteroatoms. The molecule has 2 heterocycles. The second-order valence-corrected chi connectivity index (χ2v) is 4.25. The number of nitrogens with one attached hydrogen (secondary N) is 1. The third kappa shape index (κ3) is 2.71. The van der Waals surface area contributed by atoms with Crippen LogP contribution in [0.5, 0.6) is 0 Å². The highest BCUT2D eigenvalue weighted by Gasteiger charge is 2.15. The van der Waals surface area contributed by atoms with E-state index in [4.69, 9.17) is 11.6 Å². The maximum Gasteiger partial charge on any atom is 0.268 e. The molecule has 86 valence electrons. The molecule has 16 heavy (non-hydrogen) atoms. The first-order valence-electron chi connectivity index (χ1n) is 5.43. The summed E-state index contributed by atoms with van der Waals surface area (Å²) in [5.41, 5.74) is 3.27. The number of hydrazine groups is 1. The molecule has 0 saturated carbocycles. The van der Waals surface area contributed by atoms with Crippen molar-refractivity contribution in [1.82, 2.24) is 15.4 Å². The van der Waals surface area contributed by atoms with Crippen LogP contribution in [0.3, 0.4) is 0 Å². The number of rotatable bonds is 2. The van der Waals surface area contributed by atoms with Crippen molar-refractivity contribution in [3.05, 3.63) is 29.0 Å². The lowest BCUT2D eigenvalue weighted by atomic mass is 10.2. The molecule has 1 aliphatic heterocycles. The zero-order valence-corrected chi connectivity index (χ0v) is 9.70. The van der Waals surface area contributed by atoms with Crippen LogP contribution in [0, 0.1) is 0 Å². The van der Waals surface area contributed by atoms with Gasteiger partial charge in [0.15, 0.2) is 0 Å². The summed E-state index contributed by atoms with van der Waals surface area (Å²) >= 11 is 5.92. The van der Waals surface area contributed by atoms with Crippen LogP contribution in [0.4, 0.5) is 0 Å². The third-order valence-corrected chi connectivity index (χ3v) is 2.96. The summed E-state index contributed by atoms with van der Waals surface area (Å²) in [6, 6.07) is 1.62. The van der Waals surface area contributed by atoms with Crippen molar-refractivity contribution in [1.29, 1.82) is 0 Å². The number of aromatic nitrogens is 1. The van der Waals surface area contributed by atoms with E-state index >= 15 is 0 Å². The van der Waals surface area contributed by atoms with E-state index in [1.165, 1.54) is 12.6 Å². The number of halogens is 1. The summed E-state index contributed by atoms with van der Waals surface area (Å²) in [5.74, 6) is -0.181. The van der Waals surface area contributed by atoms with Crippen LogP contribution in [0.2, 0.25) is 5.02 Å². The van der Waals surface area contributed by atoms with Crippen molar-refractivity contribution < 1.29 is 4.79 Å². The summed E-state index contributed by atoms with van der Waals surface area (Å²) in [5, 5.41) is 2.37. The Morgan fingerprint density at radius 2 is 2.12 bits per heavy atom. The molecule has 4 nitrogen and oxygen atoms in total. The molecule has 1 amide bonds. The van der Waals surface area contributed by atoms with Gasteiger partial charge in [0.25, 0.3) is 5.91 Å². The Kier molecular flexibility index (Phi) is 3.74. The SMILES string of the molecule is O=C(NN1CCCCC1)c1cnccc1Cl. The van der Waals surface area contributed by atoms with Gasteiger partial charge in [0.05, 0.1) is 10.6 Å². The van der Waals surface area contributed by atoms with Crippen LogP contribution in [0.25, 0.3) is 0 Å². The van der Waals surface area contributed by atoms with Crippen molar-refractivity contribution in [3.8, 4) is 0 Å². The molecule has 0 aromatic carbocycles. The van der Waals surface area contributed by atoms with Gasteiger partial charge in [0, 0.05) is 25.5 Å². The summed E-state index contributed by atoms with van der Waals surface area (Å²) in [6.07, 6.45) is 6.55. The maximum absolute atomic E-state index is 11.9. The number of nitrogens with zero attached hydrogens (tertiary/aromatic N) is 2. The maximum atomic E-state index is 11.9. The second-order valence-electron chi connectivity index (χ2n) is 3.84. The third-order valence-electron chi connectivity index (χ3n) is 2.63. The van der Waals surface area contributed by atoms with Crippen molar-refractivity contribution in [2.24, 2.45) is 0 Å². The zero-order chi connectivity index (χ0) is 11.4. The monoisotopic (exact) mass is 239 g/mol. The molecule has 2 rings (SSSR count). The van der Waals surface area contributed by atoms with Gasteiger partial charge in [-0.1, -0.05) is 18.0 Å². The van der Waals surface area contributed by atoms with Gasteiger partial charge in [-0.05, 0) is 18.9 Å². The summed E-state index contributed by atoms with van der Waals surface area (Å²) in [4.78, 5) is 15.8. The smallest absolute Gasteiger partial charge is 0.268 e. The standard InChI is InChI=1S/C11H14ClN3O/c12-10-4-5-13-8-9(10)11(16)14-15-6-2-1-3-7-15/h4-5,8H,1-3,6-7H2,(H,14,16). The van der Waals surface area contributed by atoms with Crippen LogP contribution in [-0.2, 0) is 0 Å². The molecule has 0 spiro atoms. The highest BCUT2D eigenvalue weighted by molar-refractivity contribution is 6.33. The van der Waals surface area contributed by atoms with Crippen molar-refractivity contribution in [3.63, 3.8) is 0 Å². The predicted molar refractivity (Wildman–Crippen MR) is 62.1 cm³/mol. The number of amides is 1. The molecule has 0 radical (unpaired) electrons. The number of carbonyl (C=O) groups excluding carboxylic acids is 1. The first kappa shape index (κ1) is 11.4. The van der Waals surface area contributed by atoms with E-state index in [0.29, 0.717) is 10.6 Å². The highest BCUT2D eigenvalue weighted by Crippen LogP contribution is 2.14. The molecule has 1 N–H and O–H groups in total. The lowest BCUT2D eigenvalue weighted by Crippen LogP contribution is -2.45. The van der Waals surface area contributed by atoms with E-state index < -0.39 is 0 Å². The van der Waals surface area contributed by atoms with Gasteiger partial charge < -0.3 is 0 Å². The minimum Gasteiger partial charge on any atom is -0.285 e. The Morgan fingerprint density at radius 3 is 2.81 bits per heavy atom. The molecule has 0 unspecified atom stereocenters. The molecule has 0 atom stereocenters. The fourth-order valence-corrected chi connectivity index (χ4v) is 1.95. The molecule has 1 aromatic heterocycles. The lowest BCUT2D eigenvalue weighted by molar-refractivity contribution is 0.0750. The number of hydrogen-bond acceptors (Lipinski definition) is 3. The Labute approximate surface area is 99.6 Å². The normalized spacial score (nSPS) is 17.1. The predicted octanol–water partition coefficient (Wildman–Crippen LogP) is 1.87. The van der Waals surface area contributed by atoms with Crippen molar-refractivity contribution >= 4 is 17.5 Å². The van der Waals surface area contributed by atoms with Crippen LogP contribution in [0.15, 0.2) is 18.5 Å². The van der Waals surface area contributed by atoms with Gasteiger partial charge in [0.1, 0.15) is 0 Å². The van der Waals surface area contributed by atoms with E-state index in [1.807, 2.05) is 5.01 Å². The van der Waals surface area contributed by atoms with E-state index in [-0.39, 0.29) is 5.91 Å². The lowest BCUT2D eigenvalue weighted by Gasteiger charge is -2.26. The van der Waals surface area contributed by atoms with Gasteiger partial charge in [-0.2, -0.15) is 0 Å². The van der Waals surface area contributed by atoms with Gasteiger partial charge in [-0.3, -0.25) is 15.2 Å². The quantitative estimate of drug-likeness (QED) is 0.857. The van der Waals surface area contributed by atoms with E-state index in [0.717, 1.165) is 25.9 Å². The molecule has 1 fully saturated rings. The summed E-state index contributed by atoms with van der Waals surface area (Å²) in [6.45, 7) is 1.81. The first-order valence-corrected chi connectivity index (χ1v) is 5.80. The van der Waals surface area contributed by atoms with Crippen molar-refractivity contribution in [2.75, 3.05) is 13.1 Å². The Balaban J connectivity index is 2.00. The number of pyridine rings is 1. The fourth-order valence-electron chi connectivity index (χ4n) is 1.75. The van der Waals surface area contributed by atoms with Crippen LogP contribution in [0.1, 0.15) is 29.6 Å². The largest absolute Gasteiger partial charge is 0.285 e. The molecular weight excluding hydrogens is 226 g/mol. The number of carbonyl (C=O) groups is 1. The Bertz CT molecular complexity index is 377. The van der Waals surface area contributed by atoms with E-state index in [9.17, 15) is 4.79 Å². The minimum absolute atomic E-state index is 0.181. The average molecular weight is 240 g/mol. The molecule has 0 aliphatic carbocycles. The van der Waals surface area contributed by atoms with Gasteiger partial charge in [-0.25, -0.2) is 5.01 Å². The topological polar surface area (TPSA) is 45.2 Å². The Morgan fingerprint density at radius 1 is 1.38 bits per heavy atom. The second kappa shape index (κ2) is 5.27. The fraction of sp³-hybridized carbons (Fsp3) is 0.455. The van der Waals surface area contributed by atoms with E-state index in [2.05, 4.69) is 10.4 Å². The number of piperidine rings is 1. The van der Waals surface area contributed by atoms with Gasteiger partial charge in [0.2, 0.25) is 0 Å². The van der Waals surface area contributed by atoms with Crippen LogP contribution in [-0.4, -0.2) is 29.0 Å². The van der Waals surface area contributed by atoms with E-state index in [1.54, 1.807) is 12.3 Å². The minimum atomic E-state index is -0.181. The highest BCUT2D eigenvalue weighted by atomic mass is 35.5. The molecule has 1 aliphatic rings. The average Bonchev–Trinajstić information content (AvgIpc) is 2.31. The molecule has 1 aromatic rings. The number of hydrogen-bond donors (Lipinski definition) is 1. The summed E-state index contributed by atoms with van der Waals surface area (Å²) < 4.78 is 0.